The van der Waals surface area contributed by atoms with Crippen molar-refractivity contribution in [3.8, 4) is 11.8 Å². The SMILES string of the molecule is COc1ccc(C2=CC=CC(C#N)(OC)C2F)cc1. The number of ether oxygens (including phenoxy) is 2. The third-order valence-corrected chi connectivity index (χ3v) is 3.21. The highest BCUT2D eigenvalue weighted by atomic mass is 19.1. The van der Waals surface area contributed by atoms with E-state index in [4.69, 9.17) is 14.7 Å². The van der Waals surface area contributed by atoms with E-state index in [0.29, 0.717) is 16.9 Å². The van der Waals surface area contributed by atoms with Gasteiger partial charge in [0.2, 0.25) is 5.60 Å². The molecule has 4 heteroatoms. The topological polar surface area (TPSA) is 42.2 Å². The van der Waals surface area contributed by atoms with Crippen molar-refractivity contribution in [1.29, 1.82) is 5.26 Å². The second-order valence-corrected chi connectivity index (χ2v) is 4.18. The Balaban J connectivity index is 2.37. The number of nitriles is 1. The average molecular weight is 259 g/mol. The molecule has 19 heavy (non-hydrogen) atoms. The Labute approximate surface area is 111 Å². The lowest BCUT2D eigenvalue weighted by Gasteiger charge is -2.29. The zero-order valence-electron chi connectivity index (χ0n) is 10.8. The molecule has 1 aliphatic carbocycles. The second-order valence-electron chi connectivity index (χ2n) is 4.18. The molecule has 1 aromatic rings. The molecule has 1 aromatic carbocycles. The van der Waals surface area contributed by atoms with E-state index in [0.717, 1.165) is 0 Å². The molecule has 0 amide bonds. The molecule has 0 spiro atoms. The van der Waals surface area contributed by atoms with Gasteiger partial charge in [0.1, 0.15) is 11.8 Å². The van der Waals surface area contributed by atoms with E-state index in [-0.39, 0.29) is 0 Å². The first-order valence-electron chi connectivity index (χ1n) is 5.81. The maximum atomic E-state index is 14.5. The number of hydrogen-bond acceptors (Lipinski definition) is 3. The maximum Gasteiger partial charge on any atom is 0.208 e. The van der Waals surface area contributed by atoms with Gasteiger partial charge in [-0.1, -0.05) is 24.3 Å². The van der Waals surface area contributed by atoms with Crippen LogP contribution in [0.3, 0.4) is 0 Å². The van der Waals surface area contributed by atoms with Gasteiger partial charge < -0.3 is 9.47 Å². The van der Waals surface area contributed by atoms with Crippen LogP contribution in [0.1, 0.15) is 5.56 Å². The first-order valence-corrected chi connectivity index (χ1v) is 5.81. The summed E-state index contributed by atoms with van der Waals surface area (Å²) in [4.78, 5) is 0. The molecular formula is C15H14FNO2. The number of halogens is 1. The summed E-state index contributed by atoms with van der Waals surface area (Å²) in [6.07, 6.45) is 3.20. The quantitative estimate of drug-likeness (QED) is 0.838. The summed E-state index contributed by atoms with van der Waals surface area (Å²) in [6, 6.07) is 8.91. The number of rotatable bonds is 3. The van der Waals surface area contributed by atoms with Crippen molar-refractivity contribution in [1.82, 2.24) is 0 Å². The van der Waals surface area contributed by atoms with E-state index in [1.807, 2.05) is 6.07 Å². The Hall–Kier alpha value is -2.12. The van der Waals surface area contributed by atoms with Gasteiger partial charge in [0.15, 0.2) is 6.17 Å². The third kappa shape index (κ3) is 2.25. The molecular weight excluding hydrogens is 245 g/mol. The van der Waals surface area contributed by atoms with Crippen LogP contribution in [0.4, 0.5) is 4.39 Å². The molecule has 0 heterocycles. The molecule has 98 valence electrons. The van der Waals surface area contributed by atoms with Gasteiger partial charge in [-0.05, 0) is 29.3 Å². The van der Waals surface area contributed by atoms with Crippen molar-refractivity contribution in [2.24, 2.45) is 0 Å². The van der Waals surface area contributed by atoms with Crippen LogP contribution in [0.15, 0.2) is 42.5 Å². The highest BCUT2D eigenvalue weighted by Crippen LogP contribution is 2.35. The lowest BCUT2D eigenvalue weighted by Crippen LogP contribution is -2.40. The molecule has 2 atom stereocenters. The summed E-state index contributed by atoms with van der Waals surface area (Å²) < 4.78 is 24.6. The van der Waals surface area contributed by atoms with Crippen molar-refractivity contribution >= 4 is 5.57 Å². The summed E-state index contributed by atoms with van der Waals surface area (Å²) in [6.45, 7) is 0. The minimum atomic E-state index is -1.55. The van der Waals surface area contributed by atoms with Gasteiger partial charge in [0.25, 0.3) is 0 Å². The molecule has 0 radical (unpaired) electrons. The minimum absolute atomic E-state index is 0.425. The van der Waals surface area contributed by atoms with E-state index in [1.54, 1.807) is 43.5 Å². The molecule has 1 aliphatic rings. The smallest absolute Gasteiger partial charge is 0.208 e. The highest BCUT2D eigenvalue weighted by Gasteiger charge is 2.41. The van der Waals surface area contributed by atoms with E-state index < -0.39 is 11.8 Å². The number of benzene rings is 1. The van der Waals surface area contributed by atoms with Crippen LogP contribution in [0.5, 0.6) is 5.75 Å². The molecule has 2 unspecified atom stereocenters. The van der Waals surface area contributed by atoms with Gasteiger partial charge in [-0.25, -0.2) is 4.39 Å². The van der Waals surface area contributed by atoms with Gasteiger partial charge in [-0.2, -0.15) is 5.26 Å². The zero-order chi connectivity index (χ0) is 13.9. The van der Waals surface area contributed by atoms with Crippen LogP contribution in [-0.4, -0.2) is 26.0 Å². The van der Waals surface area contributed by atoms with Crippen LogP contribution in [0.25, 0.3) is 5.57 Å². The van der Waals surface area contributed by atoms with Crippen LogP contribution in [0.2, 0.25) is 0 Å². The molecule has 0 bridgehead atoms. The van der Waals surface area contributed by atoms with Crippen molar-refractivity contribution in [3.63, 3.8) is 0 Å². The van der Waals surface area contributed by atoms with Gasteiger partial charge in [-0.3, -0.25) is 0 Å². The van der Waals surface area contributed by atoms with Crippen molar-refractivity contribution < 1.29 is 13.9 Å². The summed E-state index contributed by atoms with van der Waals surface area (Å²) >= 11 is 0. The molecule has 0 N–H and O–H groups in total. The lowest BCUT2D eigenvalue weighted by molar-refractivity contribution is 0.0322. The molecule has 2 rings (SSSR count). The number of hydrogen-bond donors (Lipinski definition) is 0. The molecule has 0 saturated carbocycles. The Bertz CT molecular complexity index is 557. The average Bonchev–Trinajstić information content (AvgIpc) is 2.48. The number of nitrogens with zero attached hydrogens (tertiary/aromatic N) is 1. The summed E-state index contributed by atoms with van der Waals surface area (Å²) in [5, 5.41) is 9.15. The van der Waals surface area contributed by atoms with Gasteiger partial charge in [-0.15, -0.1) is 0 Å². The predicted octanol–water partition coefficient (Wildman–Crippen LogP) is 2.90. The fraction of sp³-hybridized carbons (Fsp3) is 0.267. The number of allylic oxidation sites excluding steroid dienone is 2. The zero-order valence-corrected chi connectivity index (χ0v) is 10.8. The Morgan fingerprint density at radius 1 is 1.26 bits per heavy atom. The Kier molecular flexibility index (Phi) is 3.68. The monoisotopic (exact) mass is 259 g/mol. The summed E-state index contributed by atoms with van der Waals surface area (Å²) in [5.74, 6) is 0.699. The molecule has 0 aliphatic heterocycles. The molecule has 0 fully saturated rings. The fourth-order valence-electron chi connectivity index (χ4n) is 2.03. The van der Waals surface area contributed by atoms with Crippen molar-refractivity contribution in [3.05, 3.63) is 48.1 Å². The van der Waals surface area contributed by atoms with Gasteiger partial charge >= 0.3 is 0 Å². The van der Waals surface area contributed by atoms with Crippen molar-refractivity contribution in [2.75, 3.05) is 14.2 Å². The number of alkyl halides is 1. The van der Waals surface area contributed by atoms with Gasteiger partial charge in [0.05, 0.1) is 7.11 Å². The first kappa shape index (κ1) is 13.3. The standard InChI is InChI=1S/C15H14FNO2/c1-18-12-7-5-11(6-8-12)13-4-3-9-15(10-17,19-2)14(13)16/h3-9,14H,1-2H3. The molecule has 0 aromatic heterocycles. The summed E-state index contributed by atoms with van der Waals surface area (Å²) in [5.41, 5.74) is -0.424. The summed E-state index contributed by atoms with van der Waals surface area (Å²) in [7, 11) is 2.90. The second kappa shape index (κ2) is 5.25. The normalized spacial score (nSPS) is 25.6. The Morgan fingerprint density at radius 3 is 2.47 bits per heavy atom. The highest BCUT2D eigenvalue weighted by molar-refractivity contribution is 5.74. The van der Waals surface area contributed by atoms with E-state index in [1.165, 1.54) is 13.2 Å². The minimum Gasteiger partial charge on any atom is -0.497 e. The van der Waals surface area contributed by atoms with Crippen LogP contribution in [-0.2, 0) is 4.74 Å². The van der Waals surface area contributed by atoms with E-state index >= 15 is 0 Å². The maximum absolute atomic E-state index is 14.5. The third-order valence-electron chi connectivity index (χ3n) is 3.21. The Morgan fingerprint density at radius 2 is 1.95 bits per heavy atom. The van der Waals surface area contributed by atoms with Crippen LogP contribution in [0, 0.1) is 11.3 Å². The van der Waals surface area contributed by atoms with Crippen LogP contribution >= 0.6 is 0 Å². The van der Waals surface area contributed by atoms with Gasteiger partial charge in [0, 0.05) is 7.11 Å². The fourth-order valence-corrected chi connectivity index (χ4v) is 2.03. The lowest BCUT2D eigenvalue weighted by atomic mass is 9.85. The van der Waals surface area contributed by atoms with E-state index in [9.17, 15) is 4.39 Å². The first-order chi connectivity index (χ1) is 9.16. The largest absolute Gasteiger partial charge is 0.497 e. The van der Waals surface area contributed by atoms with Crippen molar-refractivity contribution in [2.45, 2.75) is 11.8 Å². The molecule has 3 nitrogen and oxygen atoms in total. The van der Waals surface area contributed by atoms with Crippen LogP contribution < -0.4 is 4.74 Å². The number of methoxy groups -OCH3 is 2. The molecule has 0 saturated heterocycles. The predicted molar refractivity (Wildman–Crippen MR) is 70.4 cm³/mol. The van der Waals surface area contributed by atoms with E-state index in [2.05, 4.69) is 0 Å².